The molecule has 1 saturated heterocycles. The van der Waals surface area contributed by atoms with Crippen molar-refractivity contribution < 1.29 is 19.4 Å². The topological polar surface area (TPSA) is 66.8 Å². The van der Waals surface area contributed by atoms with Crippen molar-refractivity contribution in [3.8, 4) is 5.75 Å². The third-order valence-electron chi connectivity index (χ3n) is 5.24. The Kier molecular flexibility index (Phi) is 6.42. The summed E-state index contributed by atoms with van der Waals surface area (Å²) in [6, 6.07) is 22.5. The van der Waals surface area contributed by atoms with E-state index in [0.29, 0.717) is 23.6 Å². The maximum Gasteiger partial charge on any atom is 0.300 e. The molecule has 1 aliphatic rings. The van der Waals surface area contributed by atoms with Crippen molar-refractivity contribution in [2.24, 2.45) is 0 Å². The van der Waals surface area contributed by atoms with Crippen LogP contribution in [-0.2, 0) is 9.59 Å². The van der Waals surface area contributed by atoms with E-state index in [2.05, 4.69) is 15.9 Å². The van der Waals surface area contributed by atoms with E-state index in [1.165, 1.54) is 4.90 Å². The molecule has 0 bridgehead atoms. The van der Waals surface area contributed by atoms with E-state index in [4.69, 9.17) is 4.74 Å². The van der Waals surface area contributed by atoms with Gasteiger partial charge in [0.15, 0.2) is 0 Å². The predicted molar refractivity (Wildman–Crippen MR) is 128 cm³/mol. The molecular weight excluding hydrogens is 470 g/mol. The number of aliphatic hydroxyl groups excluding tert-OH is 1. The summed E-state index contributed by atoms with van der Waals surface area (Å²) in [5.41, 5.74) is 1.78. The van der Waals surface area contributed by atoms with Crippen LogP contribution in [0.4, 0.5) is 5.69 Å². The summed E-state index contributed by atoms with van der Waals surface area (Å²) >= 11 is 3.42. The van der Waals surface area contributed by atoms with Gasteiger partial charge in [-0.05, 0) is 48.4 Å². The highest BCUT2D eigenvalue weighted by atomic mass is 79.9. The van der Waals surface area contributed by atoms with Crippen LogP contribution in [0.15, 0.2) is 88.9 Å². The maximum absolute atomic E-state index is 13.2. The number of amides is 1. The molecule has 1 aliphatic heterocycles. The van der Waals surface area contributed by atoms with Crippen LogP contribution in [0.3, 0.4) is 0 Å². The lowest BCUT2D eigenvalue weighted by Crippen LogP contribution is -2.29. The van der Waals surface area contributed by atoms with Crippen LogP contribution in [0, 0.1) is 0 Å². The minimum Gasteiger partial charge on any atom is -0.507 e. The Morgan fingerprint density at radius 1 is 1.00 bits per heavy atom. The number of ether oxygens (including phenoxy) is 1. The summed E-state index contributed by atoms with van der Waals surface area (Å²) in [5.74, 6) is -1.03. The maximum atomic E-state index is 13.2. The largest absolute Gasteiger partial charge is 0.507 e. The lowest BCUT2D eigenvalue weighted by Gasteiger charge is -2.25. The summed E-state index contributed by atoms with van der Waals surface area (Å²) in [7, 11) is 0. The van der Waals surface area contributed by atoms with Crippen molar-refractivity contribution in [1.29, 1.82) is 0 Å². The molecule has 0 aliphatic carbocycles. The molecule has 1 atom stereocenters. The van der Waals surface area contributed by atoms with Gasteiger partial charge in [-0.1, -0.05) is 65.3 Å². The molecule has 3 aromatic rings. The van der Waals surface area contributed by atoms with Gasteiger partial charge in [-0.25, -0.2) is 0 Å². The molecule has 0 spiro atoms. The SMILES string of the molecule is CCCOc1cccc(/C(O)=C2/C(=O)C(=O)N(c3ccccc3)C2c2ccc(Br)cc2)c1. The number of hydrogen-bond donors (Lipinski definition) is 1. The molecule has 1 fully saturated rings. The number of rotatable bonds is 6. The predicted octanol–water partition coefficient (Wildman–Crippen LogP) is 5.86. The van der Waals surface area contributed by atoms with E-state index in [1.54, 1.807) is 36.4 Å². The van der Waals surface area contributed by atoms with E-state index >= 15 is 0 Å². The number of para-hydroxylation sites is 1. The standard InChI is InChI=1S/C26H22BrNO4/c1-2-15-32-21-10-6-7-18(16-21)24(29)22-23(17-11-13-19(27)14-12-17)28(26(31)25(22)30)20-8-4-3-5-9-20/h3-14,16,23,29H,2,15H2,1H3/b24-22-. The van der Waals surface area contributed by atoms with Crippen molar-refractivity contribution in [2.45, 2.75) is 19.4 Å². The number of benzene rings is 3. The van der Waals surface area contributed by atoms with Gasteiger partial charge >= 0.3 is 0 Å². The zero-order valence-corrected chi connectivity index (χ0v) is 19.1. The Morgan fingerprint density at radius 3 is 2.41 bits per heavy atom. The highest BCUT2D eigenvalue weighted by Crippen LogP contribution is 2.42. The number of hydrogen-bond acceptors (Lipinski definition) is 4. The number of ketones is 1. The van der Waals surface area contributed by atoms with Gasteiger partial charge in [0.2, 0.25) is 0 Å². The monoisotopic (exact) mass is 491 g/mol. The molecule has 162 valence electrons. The van der Waals surface area contributed by atoms with E-state index in [0.717, 1.165) is 16.5 Å². The van der Waals surface area contributed by atoms with Crippen LogP contribution in [-0.4, -0.2) is 23.4 Å². The van der Waals surface area contributed by atoms with E-state index in [9.17, 15) is 14.7 Å². The molecule has 32 heavy (non-hydrogen) atoms. The van der Waals surface area contributed by atoms with Gasteiger partial charge in [-0.2, -0.15) is 0 Å². The molecule has 0 aromatic heterocycles. The third kappa shape index (κ3) is 4.18. The van der Waals surface area contributed by atoms with Gasteiger partial charge in [0.05, 0.1) is 18.2 Å². The summed E-state index contributed by atoms with van der Waals surface area (Å²) in [6.45, 7) is 2.55. The van der Waals surface area contributed by atoms with Gasteiger partial charge < -0.3 is 9.84 Å². The first-order valence-electron chi connectivity index (χ1n) is 10.4. The summed E-state index contributed by atoms with van der Waals surface area (Å²) in [4.78, 5) is 27.7. The first-order valence-corrected chi connectivity index (χ1v) is 11.1. The molecule has 1 unspecified atom stereocenters. The fourth-order valence-corrected chi connectivity index (χ4v) is 4.02. The van der Waals surface area contributed by atoms with Crippen molar-refractivity contribution in [3.05, 3.63) is 100 Å². The van der Waals surface area contributed by atoms with E-state index < -0.39 is 17.7 Å². The number of anilines is 1. The first kappa shape index (κ1) is 21.8. The summed E-state index contributed by atoms with van der Waals surface area (Å²) < 4.78 is 6.54. The third-order valence-corrected chi connectivity index (χ3v) is 5.77. The van der Waals surface area contributed by atoms with Gasteiger partial charge in [0.1, 0.15) is 11.5 Å². The van der Waals surface area contributed by atoms with Crippen LogP contribution >= 0.6 is 15.9 Å². The molecule has 6 heteroatoms. The molecule has 5 nitrogen and oxygen atoms in total. The second-order valence-electron chi connectivity index (χ2n) is 7.43. The molecule has 4 rings (SSSR count). The number of Topliss-reactive ketones (excluding diaryl/α,β-unsaturated/α-hetero) is 1. The van der Waals surface area contributed by atoms with Crippen LogP contribution < -0.4 is 9.64 Å². The average molecular weight is 492 g/mol. The lowest BCUT2D eigenvalue weighted by molar-refractivity contribution is -0.132. The zero-order valence-electron chi connectivity index (χ0n) is 17.5. The zero-order chi connectivity index (χ0) is 22.7. The molecular formula is C26H22BrNO4. The molecule has 0 radical (unpaired) electrons. The van der Waals surface area contributed by atoms with Crippen molar-refractivity contribution >= 4 is 39.1 Å². The summed E-state index contributed by atoms with van der Waals surface area (Å²) in [5, 5.41) is 11.2. The number of carbonyl (C=O) groups is 2. The minimum absolute atomic E-state index is 0.0498. The van der Waals surface area contributed by atoms with E-state index in [-0.39, 0.29) is 11.3 Å². The minimum atomic E-state index is -0.759. The quantitative estimate of drug-likeness (QED) is 0.266. The van der Waals surface area contributed by atoms with Crippen molar-refractivity contribution in [1.82, 2.24) is 0 Å². The van der Waals surface area contributed by atoms with Crippen LogP contribution in [0.2, 0.25) is 0 Å². The van der Waals surface area contributed by atoms with Gasteiger partial charge in [-0.15, -0.1) is 0 Å². The second kappa shape index (κ2) is 9.40. The highest BCUT2D eigenvalue weighted by Gasteiger charge is 2.46. The Bertz CT molecular complexity index is 1170. The Labute approximate surface area is 195 Å². The summed E-state index contributed by atoms with van der Waals surface area (Å²) in [6.07, 6.45) is 0.849. The lowest BCUT2D eigenvalue weighted by atomic mass is 9.95. The smallest absolute Gasteiger partial charge is 0.300 e. The number of halogens is 1. The fraction of sp³-hybridized carbons (Fsp3) is 0.154. The normalized spacial score (nSPS) is 17.6. The van der Waals surface area contributed by atoms with Gasteiger partial charge in [-0.3, -0.25) is 14.5 Å². The Hall–Kier alpha value is -3.38. The number of nitrogens with zero attached hydrogens (tertiary/aromatic N) is 1. The van der Waals surface area contributed by atoms with Gasteiger partial charge in [0.25, 0.3) is 11.7 Å². The molecule has 1 N–H and O–H groups in total. The second-order valence-corrected chi connectivity index (χ2v) is 8.35. The van der Waals surface area contributed by atoms with Crippen molar-refractivity contribution in [3.63, 3.8) is 0 Å². The number of carbonyl (C=O) groups excluding carboxylic acids is 2. The molecule has 1 heterocycles. The Morgan fingerprint density at radius 2 is 1.72 bits per heavy atom. The van der Waals surface area contributed by atoms with Crippen LogP contribution in [0.5, 0.6) is 5.75 Å². The van der Waals surface area contributed by atoms with Crippen LogP contribution in [0.25, 0.3) is 5.76 Å². The van der Waals surface area contributed by atoms with Crippen molar-refractivity contribution in [2.75, 3.05) is 11.5 Å². The average Bonchev–Trinajstić information content (AvgIpc) is 3.09. The van der Waals surface area contributed by atoms with E-state index in [1.807, 2.05) is 49.4 Å². The highest BCUT2D eigenvalue weighted by molar-refractivity contribution is 9.10. The van der Waals surface area contributed by atoms with Gasteiger partial charge in [0, 0.05) is 15.7 Å². The Balaban J connectivity index is 1.88. The fourth-order valence-electron chi connectivity index (χ4n) is 3.76. The van der Waals surface area contributed by atoms with Crippen LogP contribution in [0.1, 0.15) is 30.5 Å². The molecule has 0 saturated carbocycles. The molecule has 3 aromatic carbocycles. The molecule has 1 amide bonds. The first-order chi connectivity index (χ1) is 15.5. The number of aliphatic hydroxyl groups is 1.